The molecule has 0 spiro atoms. The summed E-state index contributed by atoms with van der Waals surface area (Å²) in [6, 6.07) is 4.76. The van der Waals surface area contributed by atoms with Gasteiger partial charge in [0.1, 0.15) is 5.75 Å². The molecule has 1 rings (SSSR count). The number of hydrogen-bond donors (Lipinski definition) is 1. The molecule has 0 saturated heterocycles. The molecule has 0 saturated carbocycles. The van der Waals surface area contributed by atoms with Gasteiger partial charge in [0.15, 0.2) is 0 Å². The predicted molar refractivity (Wildman–Crippen MR) is 62.6 cm³/mol. The van der Waals surface area contributed by atoms with Crippen LogP contribution in [-0.4, -0.2) is 22.4 Å². The van der Waals surface area contributed by atoms with Crippen LogP contribution in [-0.2, 0) is 0 Å². The number of nitro benzene ring substituents is 1. The van der Waals surface area contributed by atoms with E-state index in [-0.39, 0.29) is 11.4 Å². The molecule has 20 heavy (non-hydrogen) atoms. The molecule has 0 aromatic heterocycles. The van der Waals surface area contributed by atoms with E-state index >= 15 is 0 Å². The van der Waals surface area contributed by atoms with Crippen molar-refractivity contribution in [3.05, 3.63) is 34.4 Å². The first kappa shape index (κ1) is 17.7. The van der Waals surface area contributed by atoms with Crippen molar-refractivity contribution in [1.82, 2.24) is 0 Å². The zero-order chi connectivity index (χ0) is 15.9. The van der Waals surface area contributed by atoms with E-state index in [0.717, 1.165) is 26.0 Å². The summed E-state index contributed by atoms with van der Waals surface area (Å²) < 4.78 is 37.8. The standard InChI is InChI=1S/C7H5NO5.C4H7F3/c9-7(10)13-6-3-1-5(2-4-6)8(11)12;1-3(2)4(5,6)7/h1-4H,(H,9,10);3H,1-2H3. The van der Waals surface area contributed by atoms with Crippen molar-refractivity contribution in [3.63, 3.8) is 0 Å². The number of halogens is 3. The lowest BCUT2D eigenvalue weighted by atomic mass is 10.2. The normalized spacial score (nSPS) is 10.5. The maximum atomic E-state index is 11.2. The van der Waals surface area contributed by atoms with Crippen molar-refractivity contribution < 1.29 is 32.7 Å². The molecule has 9 heteroatoms. The summed E-state index contributed by atoms with van der Waals surface area (Å²) in [5.41, 5.74) is -0.113. The molecule has 0 heterocycles. The lowest BCUT2D eigenvalue weighted by Crippen LogP contribution is -2.15. The van der Waals surface area contributed by atoms with E-state index in [1.807, 2.05) is 0 Å². The van der Waals surface area contributed by atoms with Gasteiger partial charge in [0, 0.05) is 18.1 Å². The van der Waals surface area contributed by atoms with Crippen molar-refractivity contribution >= 4 is 11.8 Å². The Balaban J connectivity index is 0.000000441. The van der Waals surface area contributed by atoms with Gasteiger partial charge in [0.2, 0.25) is 0 Å². The maximum Gasteiger partial charge on any atom is 0.511 e. The molecule has 6 nitrogen and oxygen atoms in total. The second-order valence-electron chi connectivity index (χ2n) is 3.82. The van der Waals surface area contributed by atoms with Crippen molar-refractivity contribution in [2.45, 2.75) is 20.0 Å². The first-order valence-electron chi connectivity index (χ1n) is 5.26. The zero-order valence-corrected chi connectivity index (χ0v) is 10.5. The average Bonchev–Trinajstić information content (AvgIpc) is 2.28. The van der Waals surface area contributed by atoms with E-state index in [9.17, 15) is 28.1 Å². The molecule has 0 aliphatic heterocycles. The molecule has 1 aromatic carbocycles. The highest BCUT2D eigenvalue weighted by atomic mass is 19.4. The Kier molecular flexibility index (Phi) is 6.47. The van der Waals surface area contributed by atoms with Crippen LogP contribution in [0.1, 0.15) is 13.8 Å². The number of hydrogen-bond acceptors (Lipinski definition) is 4. The number of carboxylic acid groups (broad SMARTS) is 1. The number of benzene rings is 1. The molecule has 0 unspecified atom stereocenters. The number of alkyl halides is 3. The Hall–Kier alpha value is -2.32. The zero-order valence-electron chi connectivity index (χ0n) is 10.5. The van der Waals surface area contributed by atoms with Crippen LogP contribution in [0.2, 0.25) is 0 Å². The van der Waals surface area contributed by atoms with Gasteiger partial charge in [-0.05, 0) is 12.1 Å². The van der Waals surface area contributed by atoms with E-state index in [0.29, 0.717) is 0 Å². The summed E-state index contributed by atoms with van der Waals surface area (Å²) >= 11 is 0. The first-order valence-corrected chi connectivity index (χ1v) is 5.26. The van der Waals surface area contributed by atoms with E-state index in [4.69, 9.17) is 5.11 Å². The van der Waals surface area contributed by atoms with Crippen LogP contribution in [0.25, 0.3) is 0 Å². The van der Waals surface area contributed by atoms with Gasteiger partial charge in [-0.3, -0.25) is 10.1 Å². The molecule has 1 N–H and O–H groups in total. The third kappa shape index (κ3) is 7.19. The number of ether oxygens (including phenoxy) is 1. The highest BCUT2D eigenvalue weighted by molar-refractivity contribution is 5.61. The van der Waals surface area contributed by atoms with Crippen molar-refractivity contribution in [2.24, 2.45) is 5.92 Å². The Labute approximate surface area is 111 Å². The molecule has 0 aliphatic rings. The molecule has 0 aliphatic carbocycles. The van der Waals surface area contributed by atoms with Crippen LogP contribution in [0.3, 0.4) is 0 Å². The van der Waals surface area contributed by atoms with Crippen LogP contribution in [0.5, 0.6) is 5.75 Å². The number of carbonyl (C=O) groups is 1. The van der Waals surface area contributed by atoms with E-state index in [1.165, 1.54) is 12.1 Å². The van der Waals surface area contributed by atoms with Crippen LogP contribution < -0.4 is 4.74 Å². The molecule has 0 bridgehead atoms. The SMILES string of the molecule is CC(C)C(F)(F)F.O=C(O)Oc1ccc([N+](=O)[O-])cc1. The van der Waals surface area contributed by atoms with Gasteiger partial charge in [0.05, 0.1) is 4.92 Å². The Morgan fingerprint density at radius 2 is 1.70 bits per heavy atom. The van der Waals surface area contributed by atoms with Crippen LogP contribution in [0.4, 0.5) is 23.7 Å². The predicted octanol–water partition coefficient (Wildman–Crippen LogP) is 3.86. The topological polar surface area (TPSA) is 89.7 Å². The number of nitro groups is 1. The number of non-ortho nitro benzene ring substituents is 1. The fourth-order valence-electron chi connectivity index (χ4n) is 0.737. The van der Waals surface area contributed by atoms with E-state index in [2.05, 4.69) is 4.74 Å². The Morgan fingerprint density at radius 3 is 1.95 bits per heavy atom. The van der Waals surface area contributed by atoms with E-state index < -0.39 is 23.2 Å². The minimum absolute atomic E-state index is 0.0538. The van der Waals surface area contributed by atoms with E-state index in [1.54, 1.807) is 0 Å². The largest absolute Gasteiger partial charge is 0.511 e. The third-order valence-corrected chi connectivity index (χ3v) is 1.91. The number of nitrogens with zero attached hydrogens (tertiary/aromatic N) is 1. The Bertz CT molecular complexity index is 456. The molecule has 112 valence electrons. The van der Waals surface area contributed by atoms with Crippen LogP contribution in [0.15, 0.2) is 24.3 Å². The summed E-state index contributed by atoms with van der Waals surface area (Å²) in [6.45, 7) is 2.25. The van der Waals surface area contributed by atoms with Crippen LogP contribution in [0, 0.1) is 16.0 Å². The molecule has 0 radical (unpaired) electrons. The monoisotopic (exact) mass is 295 g/mol. The summed E-state index contributed by atoms with van der Waals surface area (Å²) in [6.07, 6.45) is -5.45. The molecule has 0 fully saturated rings. The van der Waals surface area contributed by atoms with Crippen molar-refractivity contribution in [1.29, 1.82) is 0 Å². The van der Waals surface area contributed by atoms with Gasteiger partial charge in [-0.1, -0.05) is 13.8 Å². The van der Waals surface area contributed by atoms with Crippen molar-refractivity contribution in [3.8, 4) is 5.75 Å². The van der Waals surface area contributed by atoms with Crippen LogP contribution >= 0.6 is 0 Å². The summed E-state index contributed by atoms with van der Waals surface area (Å²) in [4.78, 5) is 19.6. The fourth-order valence-corrected chi connectivity index (χ4v) is 0.737. The van der Waals surface area contributed by atoms with Gasteiger partial charge < -0.3 is 9.84 Å². The molecule has 1 aromatic rings. The van der Waals surface area contributed by atoms with Gasteiger partial charge in [-0.15, -0.1) is 0 Å². The lowest BCUT2D eigenvalue weighted by molar-refractivity contribution is -0.384. The molecule has 0 atom stereocenters. The first-order chi connectivity index (χ1) is 9.04. The van der Waals surface area contributed by atoms with Gasteiger partial charge in [0.25, 0.3) is 5.69 Å². The fraction of sp³-hybridized carbons (Fsp3) is 0.364. The van der Waals surface area contributed by atoms with Gasteiger partial charge >= 0.3 is 12.3 Å². The minimum atomic E-state index is -4.00. The van der Waals surface area contributed by atoms with Gasteiger partial charge in [-0.25, -0.2) is 4.79 Å². The second-order valence-corrected chi connectivity index (χ2v) is 3.82. The lowest BCUT2D eigenvalue weighted by Gasteiger charge is -2.07. The number of rotatable bonds is 2. The maximum absolute atomic E-state index is 11.2. The Morgan fingerprint density at radius 1 is 1.30 bits per heavy atom. The highest BCUT2D eigenvalue weighted by Crippen LogP contribution is 2.24. The highest BCUT2D eigenvalue weighted by Gasteiger charge is 2.31. The third-order valence-electron chi connectivity index (χ3n) is 1.91. The minimum Gasteiger partial charge on any atom is -0.449 e. The quantitative estimate of drug-likeness (QED) is 0.387. The summed E-state index contributed by atoms with van der Waals surface area (Å²) in [5.74, 6) is -1.15. The smallest absolute Gasteiger partial charge is 0.449 e. The average molecular weight is 295 g/mol. The molecular formula is C11H12F3NO5. The summed E-state index contributed by atoms with van der Waals surface area (Å²) in [5, 5.41) is 18.4. The van der Waals surface area contributed by atoms with Crippen molar-refractivity contribution in [2.75, 3.05) is 0 Å². The summed E-state index contributed by atoms with van der Waals surface area (Å²) in [7, 11) is 0. The second kappa shape index (κ2) is 7.31. The molecule has 0 amide bonds. The van der Waals surface area contributed by atoms with Gasteiger partial charge in [-0.2, -0.15) is 13.2 Å². The molecular weight excluding hydrogens is 283 g/mol.